The summed E-state index contributed by atoms with van der Waals surface area (Å²) in [6, 6.07) is 5.07. The van der Waals surface area contributed by atoms with E-state index in [1.54, 1.807) is 6.92 Å². The number of aryl methyl sites for hydroxylation is 1. The van der Waals surface area contributed by atoms with Gasteiger partial charge in [-0.1, -0.05) is 11.8 Å². The maximum Gasteiger partial charge on any atom is 0.305 e. The molecule has 0 radical (unpaired) electrons. The first-order valence-corrected chi connectivity index (χ1v) is 8.60. The number of amides is 2. The molecule has 11 heteroatoms. The Bertz CT molecular complexity index is 927. The second kappa shape index (κ2) is 7.58. The Balaban J connectivity index is 1.88. The first kappa shape index (κ1) is 18.6. The monoisotopic (exact) mass is 391 g/mol. The largest absolute Gasteiger partial charge is 0.481 e. The molecule has 1 aromatic carbocycles. The van der Waals surface area contributed by atoms with Gasteiger partial charge in [-0.3, -0.25) is 19.3 Å². The molecule has 0 aliphatic carbocycles. The number of aromatic amines is 1. The van der Waals surface area contributed by atoms with Gasteiger partial charge in [0.25, 0.3) is 5.91 Å². The second-order valence-electron chi connectivity index (χ2n) is 5.57. The number of thioether (sulfide) groups is 1. The zero-order valence-corrected chi connectivity index (χ0v) is 14.8. The zero-order chi connectivity index (χ0) is 19.6. The summed E-state index contributed by atoms with van der Waals surface area (Å²) >= 11 is 0.907. The number of benzene rings is 1. The van der Waals surface area contributed by atoms with E-state index in [9.17, 15) is 18.8 Å². The van der Waals surface area contributed by atoms with Gasteiger partial charge in [-0.15, -0.1) is 5.10 Å². The fourth-order valence-electron chi connectivity index (χ4n) is 2.40. The Hall–Kier alpha value is -3.21. The van der Waals surface area contributed by atoms with Crippen molar-refractivity contribution in [2.45, 2.75) is 18.6 Å². The number of carboxylic acid groups (broad SMARTS) is 1. The highest BCUT2D eigenvalue weighted by molar-refractivity contribution is 8.16. The molecule has 0 bridgehead atoms. The third kappa shape index (κ3) is 3.97. The second-order valence-corrected chi connectivity index (χ2v) is 6.74. The van der Waals surface area contributed by atoms with Crippen LogP contribution in [0.1, 0.15) is 22.6 Å². The van der Waals surface area contributed by atoms with Crippen molar-refractivity contribution in [3.63, 3.8) is 0 Å². The fraction of sp³-hybridized carbons (Fsp3) is 0.188. The molecule has 0 saturated carbocycles. The van der Waals surface area contributed by atoms with Gasteiger partial charge in [-0.25, -0.2) is 14.8 Å². The SMILES string of the molecule is Cc1[nH]cnc1C(=O)N/N=C1\SC(CC(=O)O)C(=O)N1c1ccc(F)cc1. The van der Waals surface area contributed by atoms with Crippen LogP contribution < -0.4 is 10.3 Å². The topological polar surface area (TPSA) is 128 Å². The van der Waals surface area contributed by atoms with Crippen LogP contribution in [0.25, 0.3) is 0 Å². The Morgan fingerprint density at radius 3 is 2.70 bits per heavy atom. The van der Waals surface area contributed by atoms with E-state index in [1.807, 2.05) is 0 Å². The highest BCUT2D eigenvalue weighted by Gasteiger charge is 2.40. The van der Waals surface area contributed by atoms with Crippen LogP contribution in [0.5, 0.6) is 0 Å². The van der Waals surface area contributed by atoms with Gasteiger partial charge in [0.1, 0.15) is 11.1 Å². The average Bonchev–Trinajstić information content (AvgIpc) is 3.17. The number of rotatable bonds is 5. The Morgan fingerprint density at radius 2 is 2.11 bits per heavy atom. The number of nitrogens with one attached hydrogen (secondary N) is 2. The van der Waals surface area contributed by atoms with Crippen LogP contribution in [0.4, 0.5) is 10.1 Å². The Morgan fingerprint density at radius 1 is 1.41 bits per heavy atom. The van der Waals surface area contributed by atoms with Gasteiger partial charge < -0.3 is 10.1 Å². The number of imidazole rings is 1. The van der Waals surface area contributed by atoms with E-state index < -0.39 is 35.3 Å². The molecule has 2 heterocycles. The number of amidine groups is 1. The van der Waals surface area contributed by atoms with E-state index in [1.165, 1.54) is 30.6 Å². The van der Waals surface area contributed by atoms with Crippen LogP contribution >= 0.6 is 11.8 Å². The quantitative estimate of drug-likeness (QED) is 0.663. The van der Waals surface area contributed by atoms with E-state index in [2.05, 4.69) is 20.5 Å². The number of carbonyl (C=O) groups excluding carboxylic acids is 2. The first-order chi connectivity index (χ1) is 12.9. The molecule has 1 saturated heterocycles. The maximum absolute atomic E-state index is 13.2. The number of carbonyl (C=O) groups is 3. The van der Waals surface area contributed by atoms with Gasteiger partial charge in [0, 0.05) is 5.69 Å². The van der Waals surface area contributed by atoms with Crippen molar-refractivity contribution in [1.29, 1.82) is 0 Å². The molecule has 2 aromatic rings. The van der Waals surface area contributed by atoms with E-state index in [-0.39, 0.29) is 10.9 Å². The lowest BCUT2D eigenvalue weighted by Gasteiger charge is -2.16. The van der Waals surface area contributed by atoms with Gasteiger partial charge in [0.15, 0.2) is 10.9 Å². The van der Waals surface area contributed by atoms with Crippen molar-refractivity contribution < 1.29 is 23.9 Å². The van der Waals surface area contributed by atoms with Crippen LogP contribution in [0, 0.1) is 12.7 Å². The zero-order valence-electron chi connectivity index (χ0n) is 14.0. The van der Waals surface area contributed by atoms with Crippen LogP contribution in [-0.2, 0) is 9.59 Å². The maximum atomic E-state index is 13.2. The molecule has 27 heavy (non-hydrogen) atoms. The standard InChI is InChI=1S/C16H14FN5O4S/c1-8-13(19-7-18-8)14(25)20-21-16-22(10-4-2-9(17)3-5-10)15(26)11(27-16)6-12(23)24/h2-5,7,11H,6H2,1H3,(H,18,19)(H,20,25)(H,23,24)/b21-16-. The van der Waals surface area contributed by atoms with Gasteiger partial charge in [0.05, 0.1) is 18.4 Å². The van der Waals surface area contributed by atoms with Crippen molar-refractivity contribution in [3.8, 4) is 0 Å². The molecule has 1 atom stereocenters. The summed E-state index contributed by atoms with van der Waals surface area (Å²) in [6.45, 7) is 1.66. The number of nitrogens with zero attached hydrogens (tertiary/aromatic N) is 3. The summed E-state index contributed by atoms with van der Waals surface area (Å²) in [5.74, 6) is -2.73. The lowest BCUT2D eigenvalue weighted by atomic mass is 10.2. The number of halogens is 1. The van der Waals surface area contributed by atoms with E-state index in [0.717, 1.165) is 16.7 Å². The molecule has 1 unspecified atom stereocenters. The fourth-order valence-corrected chi connectivity index (χ4v) is 3.49. The minimum atomic E-state index is -1.14. The van der Waals surface area contributed by atoms with Crippen molar-refractivity contribution in [2.24, 2.45) is 5.10 Å². The predicted octanol–water partition coefficient (Wildman–Crippen LogP) is 1.48. The average molecular weight is 391 g/mol. The van der Waals surface area contributed by atoms with Crippen LogP contribution in [0.2, 0.25) is 0 Å². The number of hydrazone groups is 1. The molecular weight excluding hydrogens is 377 g/mol. The van der Waals surface area contributed by atoms with Crippen molar-refractivity contribution in [3.05, 3.63) is 47.8 Å². The molecule has 1 aliphatic heterocycles. The number of anilines is 1. The van der Waals surface area contributed by atoms with E-state index in [4.69, 9.17) is 5.11 Å². The molecule has 1 aliphatic rings. The number of carboxylic acids is 1. The molecule has 9 nitrogen and oxygen atoms in total. The normalized spacial score (nSPS) is 18.1. The Kier molecular flexibility index (Phi) is 5.21. The smallest absolute Gasteiger partial charge is 0.305 e. The summed E-state index contributed by atoms with van der Waals surface area (Å²) in [4.78, 5) is 43.5. The molecule has 140 valence electrons. The molecule has 2 amide bonds. The highest BCUT2D eigenvalue weighted by Crippen LogP contribution is 2.33. The van der Waals surface area contributed by atoms with Gasteiger partial charge in [0.2, 0.25) is 5.91 Å². The summed E-state index contributed by atoms with van der Waals surface area (Å²) in [5.41, 5.74) is 3.30. The molecule has 1 aromatic heterocycles. The minimum Gasteiger partial charge on any atom is -0.481 e. The third-order valence-electron chi connectivity index (χ3n) is 3.68. The number of aliphatic carboxylic acids is 1. The lowest BCUT2D eigenvalue weighted by Crippen LogP contribution is -2.34. The number of H-pyrrole nitrogens is 1. The Labute approximate surface area is 156 Å². The van der Waals surface area contributed by atoms with Crippen molar-refractivity contribution in [1.82, 2.24) is 15.4 Å². The molecule has 1 fully saturated rings. The summed E-state index contributed by atoms with van der Waals surface area (Å²) in [7, 11) is 0. The third-order valence-corrected chi connectivity index (χ3v) is 4.82. The van der Waals surface area contributed by atoms with Crippen molar-refractivity contribution in [2.75, 3.05) is 4.90 Å². The lowest BCUT2D eigenvalue weighted by molar-refractivity contribution is -0.138. The molecule has 3 rings (SSSR count). The van der Waals surface area contributed by atoms with Crippen LogP contribution in [0.3, 0.4) is 0 Å². The summed E-state index contributed by atoms with van der Waals surface area (Å²) < 4.78 is 13.2. The van der Waals surface area contributed by atoms with E-state index >= 15 is 0 Å². The molecular formula is C16H14FN5O4S. The minimum absolute atomic E-state index is 0.0828. The van der Waals surface area contributed by atoms with Gasteiger partial charge in [-0.2, -0.15) is 0 Å². The highest BCUT2D eigenvalue weighted by atomic mass is 32.2. The number of hydrogen-bond acceptors (Lipinski definition) is 6. The number of aromatic nitrogens is 2. The van der Waals surface area contributed by atoms with Crippen molar-refractivity contribution >= 4 is 40.4 Å². The van der Waals surface area contributed by atoms with Gasteiger partial charge in [-0.05, 0) is 31.2 Å². The summed E-state index contributed by atoms with van der Waals surface area (Å²) in [5, 5.41) is 12.1. The molecule has 3 N–H and O–H groups in total. The van der Waals surface area contributed by atoms with Crippen LogP contribution in [0.15, 0.2) is 35.7 Å². The first-order valence-electron chi connectivity index (χ1n) is 7.73. The van der Waals surface area contributed by atoms with Gasteiger partial charge >= 0.3 is 5.97 Å². The van der Waals surface area contributed by atoms with E-state index in [0.29, 0.717) is 11.4 Å². The predicted molar refractivity (Wildman–Crippen MR) is 95.7 cm³/mol. The summed E-state index contributed by atoms with van der Waals surface area (Å²) in [6.07, 6.45) is 0.950. The van der Waals surface area contributed by atoms with Crippen LogP contribution in [-0.4, -0.2) is 43.3 Å². The molecule has 0 spiro atoms. The number of hydrogen-bond donors (Lipinski definition) is 3.